The SMILES string of the molecule is Cc1cc(C(=O)c2c(C)nn(C)c2OC(=O)N(C)C)c(C)c2c1SCCC2(C)C. The highest BCUT2D eigenvalue weighted by Gasteiger charge is 2.34. The maximum Gasteiger partial charge on any atom is 0.416 e. The summed E-state index contributed by atoms with van der Waals surface area (Å²) in [4.78, 5) is 28.4. The summed E-state index contributed by atoms with van der Waals surface area (Å²) in [6.45, 7) is 10.3. The first-order valence-corrected chi connectivity index (χ1v) is 10.7. The third-order valence-corrected chi connectivity index (χ3v) is 6.79. The molecule has 156 valence electrons. The highest BCUT2D eigenvalue weighted by molar-refractivity contribution is 7.99. The van der Waals surface area contributed by atoms with Crippen LogP contribution >= 0.6 is 11.8 Å². The van der Waals surface area contributed by atoms with Crippen LogP contribution in [-0.4, -0.2) is 46.4 Å². The Labute approximate surface area is 176 Å². The van der Waals surface area contributed by atoms with Crippen LogP contribution in [0.2, 0.25) is 0 Å². The van der Waals surface area contributed by atoms with Gasteiger partial charge in [-0.15, -0.1) is 11.8 Å². The van der Waals surface area contributed by atoms with E-state index in [2.05, 4.69) is 25.9 Å². The number of ketones is 1. The molecule has 6 nitrogen and oxygen atoms in total. The molecule has 0 radical (unpaired) electrons. The van der Waals surface area contributed by atoms with E-state index in [1.165, 1.54) is 20.0 Å². The van der Waals surface area contributed by atoms with E-state index in [9.17, 15) is 9.59 Å². The Hall–Kier alpha value is -2.28. The van der Waals surface area contributed by atoms with Crippen LogP contribution in [0, 0.1) is 20.8 Å². The highest BCUT2D eigenvalue weighted by atomic mass is 32.2. The van der Waals surface area contributed by atoms with Crippen LogP contribution in [0.4, 0.5) is 4.79 Å². The molecule has 0 spiro atoms. The van der Waals surface area contributed by atoms with Crippen LogP contribution < -0.4 is 4.74 Å². The molecule has 0 N–H and O–H groups in total. The molecule has 29 heavy (non-hydrogen) atoms. The number of fused-ring (bicyclic) bond motifs is 1. The Morgan fingerprint density at radius 1 is 1.24 bits per heavy atom. The zero-order chi connectivity index (χ0) is 21.7. The van der Waals surface area contributed by atoms with E-state index in [1.807, 2.05) is 24.8 Å². The van der Waals surface area contributed by atoms with Gasteiger partial charge in [-0.1, -0.05) is 13.8 Å². The number of rotatable bonds is 3. The lowest BCUT2D eigenvalue weighted by molar-refractivity contribution is 0.103. The van der Waals surface area contributed by atoms with Gasteiger partial charge in [-0.2, -0.15) is 5.10 Å². The van der Waals surface area contributed by atoms with Gasteiger partial charge in [0.15, 0.2) is 0 Å². The summed E-state index contributed by atoms with van der Waals surface area (Å²) in [6.07, 6.45) is 0.526. The summed E-state index contributed by atoms with van der Waals surface area (Å²) >= 11 is 1.87. The van der Waals surface area contributed by atoms with Crippen LogP contribution in [0.25, 0.3) is 0 Å². The molecule has 0 saturated heterocycles. The number of amides is 1. The predicted molar refractivity (Wildman–Crippen MR) is 115 cm³/mol. The van der Waals surface area contributed by atoms with Crippen LogP contribution in [0.15, 0.2) is 11.0 Å². The van der Waals surface area contributed by atoms with Crippen molar-refractivity contribution >= 4 is 23.6 Å². The average molecular weight is 416 g/mol. The molecule has 0 aliphatic carbocycles. The smallest absolute Gasteiger partial charge is 0.391 e. The number of benzene rings is 1. The lowest BCUT2D eigenvalue weighted by atomic mass is 9.76. The molecule has 0 saturated carbocycles. The quantitative estimate of drug-likeness (QED) is 0.695. The minimum atomic E-state index is -0.544. The minimum absolute atomic E-state index is 0.00984. The van der Waals surface area contributed by atoms with Gasteiger partial charge < -0.3 is 9.64 Å². The number of aromatic nitrogens is 2. The van der Waals surface area contributed by atoms with Crippen molar-refractivity contribution in [3.05, 3.63) is 39.6 Å². The molecule has 0 fully saturated rings. The number of ether oxygens (including phenoxy) is 1. The van der Waals surface area contributed by atoms with E-state index >= 15 is 0 Å². The maximum absolute atomic E-state index is 13.7. The van der Waals surface area contributed by atoms with Crippen LogP contribution in [0.1, 0.15) is 58.6 Å². The Morgan fingerprint density at radius 2 is 1.90 bits per heavy atom. The third-order valence-electron chi connectivity index (χ3n) is 5.57. The van der Waals surface area contributed by atoms with Crippen LogP contribution in [0.5, 0.6) is 5.88 Å². The van der Waals surface area contributed by atoms with E-state index in [1.54, 1.807) is 28.1 Å². The number of aryl methyl sites for hydroxylation is 3. The van der Waals surface area contributed by atoms with Crippen molar-refractivity contribution in [1.29, 1.82) is 0 Å². The van der Waals surface area contributed by atoms with Crippen molar-refractivity contribution in [2.24, 2.45) is 7.05 Å². The summed E-state index contributed by atoms with van der Waals surface area (Å²) in [5.74, 6) is 1.10. The van der Waals surface area contributed by atoms with Gasteiger partial charge in [0.05, 0.1) is 5.69 Å². The first-order valence-electron chi connectivity index (χ1n) is 9.70. The summed E-state index contributed by atoms with van der Waals surface area (Å²) in [6, 6.07) is 1.97. The second-order valence-electron chi connectivity index (χ2n) is 8.53. The van der Waals surface area contributed by atoms with Gasteiger partial charge in [0.25, 0.3) is 0 Å². The van der Waals surface area contributed by atoms with Gasteiger partial charge in [0.2, 0.25) is 11.7 Å². The minimum Gasteiger partial charge on any atom is -0.391 e. The lowest BCUT2D eigenvalue weighted by Crippen LogP contribution is -2.27. The number of carbonyl (C=O) groups excluding carboxylic acids is 2. The fourth-order valence-electron chi connectivity index (χ4n) is 3.99. The van der Waals surface area contributed by atoms with Gasteiger partial charge in [0.1, 0.15) is 5.56 Å². The molecule has 1 aliphatic rings. The summed E-state index contributed by atoms with van der Waals surface area (Å²) in [5.41, 5.74) is 4.91. The van der Waals surface area contributed by atoms with Gasteiger partial charge in [-0.05, 0) is 61.1 Å². The highest BCUT2D eigenvalue weighted by Crippen LogP contribution is 2.46. The Balaban J connectivity index is 2.16. The van der Waals surface area contributed by atoms with Crippen molar-refractivity contribution in [2.45, 2.75) is 51.3 Å². The van der Waals surface area contributed by atoms with Gasteiger partial charge in [-0.25, -0.2) is 9.48 Å². The largest absolute Gasteiger partial charge is 0.416 e. The first-order chi connectivity index (χ1) is 13.5. The molecule has 0 bridgehead atoms. The third kappa shape index (κ3) is 3.68. The molecule has 7 heteroatoms. The predicted octanol–water partition coefficient (Wildman–Crippen LogP) is 4.41. The summed E-state index contributed by atoms with van der Waals surface area (Å²) < 4.78 is 6.94. The topological polar surface area (TPSA) is 64.4 Å². The normalized spacial score (nSPS) is 15.0. The first kappa shape index (κ1) is 21.4. The van der Waals surface area contributed by atoms with Crippen molar-refractivity contribution in [3.63, 3.8) is 0 Å². The van der Waals surface area contributed by atoms with Gasteiger partial charge in [0, 0.05) is 31.6 Å². The summed E-state index contributed by atoms with van der Waals surface area (Å²) in [5, 5.41) is 4.33. The van der Waals surface area contributed by atoms with Gasteiger partial charge in [-0.3, -0.25) is 4.79 Å². The van der Waals surface area contributed by atoms with E-state index in [-0.39, 0.29) is 17.1 Å². The molecule has 1 aromatic carbocycles. The molecule has 1 aromatic heterocycles. The number of nitrogens with zero attached hydrogens (tertiary/aromatic N) is 3. The Morgan fingerprint density at radius 3 is 2.52 bits per heavy atom. The molecular weight excluding hydrogens is 386 g/mol. The van der Waals surface area contributed by atoms with Crippen molar-refractivity contribution in [2.75, 3.05) is 19.8 Å². The molecule has 0 unspecified atom stereocenters. The zero-order valence-electron chi connectivity index (χ0n) is 18.5. The number of hydrogen-bond donors (Lipinski definition) is 0. The molecule has 3 rings (SSSR count). The molecule has 2 aromatic rings. The van der Waals surface area contributed by atoms with Crippen molar-refractivity contribution in [3.8, 4) is 5.88 Å². The fourth-order valence-corrected chi connectivity index (χ4v) is 5.66. The standard InChI is InChI=1S/C22H29N3O3S/c1-12-11-15(13(2)17-19(12)29-10-9-22(17,4)5)18(26)16-14(3)23-25(8)20(16)28-21(27)24(6)7/h11H,9-10H2,1-8H3. The van der Waals surface area contributed by atoms with Gasteiger partial charge >= 0.3 is 6.09 Å². The van der Waals surface area contributed by atoms with E-state index in [0.717, 1.165) is 23.3 Å². The molecular formula is C22H29N3O3S. The number of carbonyl (C=O) groups is 2. The van der Waals surface area contributed by atoms with Crippen molar-refractivity contribution < 1.29 is 14.3 Å². The number of hydrogen-bond acceptors (Lipinski definition) is 5. The average Bonchev–Trinajstić information content (AvgIpc) is 2.89. The number of thioether (sulfide) groups is 1. The Bertz CT molecular complexity index is 1010. The summed E-state index contributed by atoms with van der Waals surface area (Å²) in [7, 11) is 4.88. The van der Waals surface area contributed by atoms with E-state index in [0.29, 0.717) is 16.8 Å². The molecule has 2 heterocycles. The lowest BCUT2D eigenvalue weighted by Gasteiger charge is -2.35. The molecule has 0 atom stereocenters. The second kappa shape index (κ2) is 7.52. The Kier molecular flexibility index (Phi) is 5.56. The zero-order valence-corrected chi connectivity index (χ0v) is 19.3. The molecule has 1 amide bonds. The monoisotopic (exact) mass is 415 g/mol. The second-order valence-corrected chi connectivity index (χ2v) is 9.64. The van der Waals surface area contributed by atoms with Crippen LogP contribution in [-0.2, 0) is 12.5 Å². The van der Waals surface area contributed by atoms with Crippen molar-refractivity contribution in [1.82, 2.24) is 14.7 Å². The van der Waals surface area contributed by atoms with E-state index in [4.69, 9.17) is 4.74 Å². The fraction of sp³-hybridized carbons (Fsp3) is 0.500. The maximum atomic E-state index is 13.7. The van der Waals surface area contributed by atoms with E-state index < -0.39 is 6.09 Å². The van der Waals surface area contributed by atoms with Crippen LogP contribution in [0.3, 0.4) is 0 Å². The molecule has 1 aliphatic heterocycles.